The number of amides is 1. The third kappa shape index (κ3) is 3.77. The number of carbonyl (C=O) groups excluding carboxylic acids is 1. The molecular weight excluding hydrogens is 290 g/mol. The number of anilines is 1. The molecule has 0 atom stereocenters. The molecule has 0 unspecified atom stereocenters. The SMILES string of the molecule is Cc1[nH]cnc1C(=O)Nc1ccc(OCc2ccccc2)cc1. The number of rotatable bonds is 5. The molecule has 5 nitrogen and oxygen atoms in total. The van der Waals surface area contributed by atoms with Crippen molar-refractivity contribution in [3.8, 4) is 5.75 Å². The molecule has 1 heterocycles. The molecule has 0 radical (unpaired) electrons. The van der Waals surface area contributed by atoms with E-state index in [4.69, 9.17) is 4.74 Å². The van der Waals surface area contributed by atoms with Crippen molar-refractivity contribution in [2.45, 2.75) is 13.5 Å². The van der Waals surface area contributed by atoms with Crippen molar-refractivity contribution in [3.63, 3.8) is 0 Å². The number of imidazole rings is 1. The van der Waals surface area contributed by atoms with E-state index in [0.717, 1.165) is 17.0 Å². The van der Waals surface area contributed by atoms with E-state index in [9.17, 15) is 4.79 Å². The quantitative estimate of drug-likeness (QED) is 0.757. The number of carbonyl (C=O) groups is 1. The second-order valence-electron chi connectivity index (χ2n) is 5.13. The van der Waals surface area contributed by atoms with Gasteiger partial charge in [-0.05, 0) is 36.8 Å². The molecule has 2 aromatic carbocycles. The van der Waals surface area contributed by atoms with Crippen molar-refractivity contribution >= 4 is 11.6 Å². The van der Waals surface area contributed by atoms with Gasteiger partial charge in [0.2, 0.25) is 0 Å². The van der Waals surface area contributed by atoms with Crippen LogP contribution in [0.5, 0.6) is 5.75 Å². The molecule has 0 aliphatic carbocycles. The minimum atomic E-state index is -0.235. The van der Waals surface area contributed by atoms with Gasteiger partial charge in [0.15, 0.2) is 0 Å². The number of aromatic amines is 1. The zero-order valence-electron chi connectivity index (χ0n) is 12.7. The maximum Gasteiger partial charge on any atom is 0.276 e. The maximum absolute atomic E-state index is 12.1. The van der Waals surface area contributed by atoms with Crippen molar-refractivity contribution in [1.29, 1.82) is 0 Å². The molecule has 0 fully saturated rings. The summed E-state index contributed by atoms with van der Waals surface area (Å²) in [6.45, 7) is 2.32. The summed E-state index contributed by atoms with van der Waals surface area (Å²) in [4.78, 5) is 19.0. The molecule has 0 bridgehead atoms. The number of nitrogens with zero attached hydrogens (tertiary/aromatic N) is 1. The van der Waals surface area contributed by atoms with Gasteiger partial charge >= 0.3 is 0 Å². The molecule has 0 saturated carbocycles. The molecule has 0 aliphatic rings. The number of hydrogen-bond donors (Lipinski definition) is 2. The summed E-state index contributed by atoms with van der Waals surface area (Å²) in [6, 6.07) is 17.2. The Labute approximate surface area is 134 Å². The molecule has 0 spiro atoms. The van der Waals surface area contributed by atoms with Crippen molar-refractivity contribution in [2.24, 2.45) is 0 Å². The van der Waals surface area contributed by atoms with Crippen LogP contribution in [-0.2, 0) is 6.61 Å². The summed E-state index contributed by atoms with van der Waals surface area (Å²) in [5.41, 5.74) is 2.95. The van der Waals surface area contributed by atoms with Crippen LogP contribution in [0.2, 0.25) is 0 Å². The fourth-order valence-corrected chi connectivity index (χ4v) is 2.15. The van der Waals surface area contributed by atoms with Crippen LogP contribution in [0.4, 0.5) is 5.69 Å². The van der Waals surface area contributed by atoms with E-state index < -0.39 is 0 Å². The van der Waals surface area contributed by atoms with Gasteiger partial charge in [-0.25, -0.2) is 4.98 Å². The Hall–Kier alpha value is -3.08. The third-order valence-corrected chi connectivity index (χ3v) is 3.41. The van der Waals surface area contributed by atoms with E-state index in [0.29, 0.717) is 18.0 Å². The number of ether oxygens (including phenoxy) is 1. The van der Waals surface area contributed by atoms with Gasteiger partial charge in [-0.2, -0.15) is 0 Å². The van der Waals surface area contributed by atoms with Crippen molar-refractivity contribution in [2.75, 3.05) is 5.32 Å². The highest BCUT2D eigenvalue weighted by molar-refractivity contribution is 6.03. The maximum atomic E-state index is 12.1. The first-order chi connectivity index (χ1) is 11.2. The zero-order chi connectivity index (χ0) is 16.1. The van der Waals surface area contributed by atoms with Crippen LogP contribution < -0.4 is 10.1 Å². The van der Waals surface area contributed by atoms with E-state index >= 15 is 0 Å². The summed E-state index contributed by atoms with van der Waals surface area (Å²) >= 11 is 0. The van der Waals surface area contributed by atoms with E-state index in [1.807, 2.05) is 49.4 Å². The average Bonchev–Trinajstić information content (AvgIpc) is 3.01. The zero-order valence-corrected chi connectivity index (χ0v) is 12.7. The van der Waals surface area contributed by atoms with Crippen molar-refractivity contribution in [1.82, 2.24) is 9.97 Å². The van der Waals surface area contributed by atoms with Crippen LogP contribution in [0.3, 0.4) is 0 Å². The summed E-state index contributed by atoms with van der Waals surface area (Å²) in [6.07, 6.45) is 1.50. The van der Waals surface area contributed by atoms with Crippen LogP contribution in [0, 0.1) is 6.92 Å². The van der Waals surface area contributed by atoms with Crippen molar-refractivity contribution < 1.29 is 9.53 Å². The van der Waals surface area contributed by atoms with Crippen LogP contribution in [0.15, 0.2) is 60.9 Å². The summed E-state index contributed by atoms with van der Waals surface area (Å²) in [5.74, 6) is 0.518. The molecule has 1 amide bonds. The van der Waals surface area contributed by atoms with E-state index in [1.54, 1.807) is 12.1 Å². The number of aromatic nitrogens is 2. The number of benzene rings is 2. The molecule has 2 N–H and O–H groups in total. The summed E-state index contributed by atoms with van der Waals surface area (Å²) in [5, 5.41) is 2.81. The lowest BCUT2D eigenvalue weighted by atomic mass is 10.2. The van der Waals surface area contributed by atoms with E-state index in [-0.39, 0.29) is 5.91 Å². The lowest BCUT2D eigenvalue weighted by Crippen LogP contribution is -2.13. The highest BCUT2D eigenvalue weighted by Crippen LogP contribution is 2.18. The fourth-order valence-electron chi connectivity index (χ4n) is 2.15. The van der Waals surface area contributed by atoms with Crippen molar-refractivity contribution in [3.05, 3.63) is 77.9 Å². The summed E-state index contributed by atoms with van der Waals surface area (Å²) in [7, 11) is 0. The number of nitrogens with one attached hydrogen (secondary N) is 2. The molecule has 0 saturated heterocycles. The first-order valence-corrected chi connectivity index (χ1v) is 7.30. The van der Waals surface area contributed by atoms with E-state index in [2.05, 4.69) is 15.3 Å². The minimum absolute atomic E-state index is 0.235. The standard InChI is InChI=1S/C18H17N3O2/c1-13-17(20-12-19-13)18(22)21-15-7-9-16(10-8-15)23-11-14-5-3-2-4-6-14/h2-10,12H,11H2,1H3,(H,19,20)(H,21,22). The Bertz CT molecular complexity index is 780. The van der Waals surface area contributed by atoms with Crippen LogP contribution >= 0.6 is 0 Å². The lowest BCUT2D eigenvalue weighted by molar-refractivity contribution is 0.102. The highest BCUT2D eigenvalue weighted by atomic mass is 16.5. The Morgan fingerprint density at radius 3 is 2.52 bits per heavy atom. The molecule has 116 valence electrons. The van der Waals surface area contributed by atoms with Gasteiger partial charge < -0.3 is 15.0 Å². The van der Waals surface area contributed by atoms with Gasteiger partial charge in [0.1, 0.15) is 18.1 Å². The second-order valence-corrected chi connectivity index (χ2v) is 5.13. The Morgan fingerprint density at radius 2 is 1.87 bits per heavy atom. The minimum Gasteiger partial charge on any atom is -0.489 e. The van der Waals surface area contributed by atoms with Gasteiger partial charge in [0.25, 0.3) is 5.91 Å². The van der Waals surface area contributed by atoms with Crippen LogP contribution in [0.25, 0.3) is 0 Å². The monoisotopic (exact) mass is 307 g/mol. The van der Waals surface area contributed by atoms with Gasteiger partial charge in [0, 0.05) is 11.4 Å². The van der Waals surface area contributed by atoms with Gasteiger partial charge in [-0.1, -0.05) is 30.3 Å². The molecular formula is C18H17N3O2. The largest absolute Gasteiger partial charge is 0.489 e. The molecule has 0 aliphatic heterocycles. The number of H-pyrrole nitrogens is 1. The average molecular weight is 307 g/mol. The smallest absolute Gasteiger partial charge is 0.276 e. The molecule has 5 heteroatoms. The summed E-state index contributed by atoms with van der Waals surface area (Å²) < 4.78 is 5.71. The lowest BCUT2D eigenvalue weighted by Gasteiger charge is -2.08. The predicted molar refractivity (Wildman–Crippen MR) is 88.5 cm³/mol. The first kappa shape index (κ1) is 14.8. The Balaban J connectivity index is 1.59. The number of hydrogen-bond acceptors (Lipinski definition) is 3. The van der Waals surface area contributed by atoms with Crippen LogP contribution in [-0.4, -0.2) is 15.9 Å². The van der Waals surface area contributed by atoms with Gasteiger partial charge in [-0.15, -0.1) is 0 Å². The van der Waals surface area contributed by atoms with Gasteiger partial charge in [-0.3, -0.25) is 4.79 Å². The predicted octanol–water partition coefficient (Wildman–Crippen LogP) is 3.55. The Kier molecular flexibility index (Phi) is 4.38. The Morgan fingerprint density at radius 1 is 1.13 bits per heavy atom. The highest BCUT2D eigenvalue weighted by Gasteiger charge is 2.11. The fraction of sp³-hybridized carbons (Fsp3) is 0.111. The molecule has 23 heavy (non-hydrogen) atoms. The second kappa shape index (κ2) is 6.79. The molecule has 3 rings (SSSR count). The molecule has 1 aromatic heterocycles. The first-order valence-electron chi connectivity index (χ1n) is 7.30. The van der Waals surface area contributed by atoms with Gasteiger partial charge in [0.05, 0.1) is 6.33 Å². The molecule has 3 aromatic rings. The van der Waals surface area contributed by atoms with E-state index in [1.165, 1.54) is 6.33 Å². The topological polar surface area (TPSA) is 67.0 Å². The normalized spacial score (nSPS) is 10.3. The van der Waals surface area contributed by atoms with Crippen LogP contribution in [0.1, 0.15) is 21.7 Å². The number of aryl methyl sites for hydroxylation is 1. The third-order valence-electron chi connectivity index (χ3n) is 3.41.